The number of amides is 1. The first kappa shape index (κ1) is 20.6. The van der Waals surface area contributed by atoms with Crippen molar-refractivity contribution in [1.29, 1.82) is 0 Å². The number of halogens is 1. The van der Waals surface area contributed by atoms with E-state index in [2.05, 4.69) is 25.8 Å². The summed E-state index contributed by atoms with van der Waals surface area (Å²) in [5.41, 5.74) is 8.22. The van der Waals surface area contributed by atoms with Crippen LogP contribution in [0.25, 0.3) is 0 Å². The molecule has 0 radical (unpaired) electrons. The number of tetrazole rings is 1. The summed E-state index contributed by atoms with van der Waals surface area (Å²) in [5.74, 6) is -0.274. The lowest BCUT2D eigenvalue weighted by Crippen LogP contribution is -2.33. The molecule has 0 unspecified atom stereocenters. The number of hydrogen-bond acceptors (Lipinski definition) is 7. The molecule has 0 aliphatic heterocycles. The summed E-state index contributed by atoms with van der Waals surface area (Å²) in [6.45, 7) is 2.99. The van der Waals surface area contributed by atoms with E-state index in [1.54, 1.807) is 25.3 Å². The third-order valence-corrected chi connectivity index (χ3v) is 4.70. The van der Waals surface area contributed by atoms with Gasteiger partial charge in [-0.25, -0.2) is 4.68 Å². The number of aromatic nitrogens is 6. The Labute approximate surface area is 171 Å². The van der Waals surface area contributed by atoms with Crippen LogP contribution < -0.4 is 16.6 Å². The Balaban J connectivity index is 1.67. The lowest BCUT2D eigenvalue weighted by Gasteiger charge is -2.12. The fraction of sp³-hybridized carbons (Fsp3) is 0.333. The smallest absolute Gasteiger partial charge is 0.270 e. The van der Waals surface area contributed by atoms with Crippen LogP contribution in [0.5, 0.6) is 0 Å². The maximum Gasteiger partial charge on any atom is 0.270 e. The Bertz CT molecular complexity index is 1050. The third kappa shape index (κ3) is 5.24. The normalized spacial score (nSPS) is 10.9. The van der Waals surface area contributed by atoms with Gasteiger partial charge in [0.1, 0.15) is 0 Å². The summed E-state index contributed by atoms with van der Waals surface area (Å²) < 4.78 is 1.29. The molecule has 2 aromatic heterocycles. The molecule has 3 aromatic rings. The lowest BCUT2D eigenvalue weighted by molar-refractivity contribution is -0.120. The van der Waals surface area contributed by atoms with E-state index in [1.165, 1.54) is 15.8 Å². The Morgan fingerprint density at radius 3 is 2.79 bits per heavy atom. The van der Waals surface area contributed by atoms with E-state index in [4.69, 9.17) is 17.3 Å². The van der Waals surface area contributed by atoms with Gasteiger partial charge in [-0.1, -0.05) is 17.7 Å². The first-order chi connectivity index (χ1) is 14.0. The Morgan fingerprint density at radius 2 is 2.07 bits per heavy atom. The van der Waals surface area contributed by atoms with Crippen LogP contribution >= 0.6 is 11.6 Å². The summed E-state index contributed by atoms with van der Waals surface area (Å²) in [6.07, 6.45) is 2.84. The summed E-state index contributed by atoms with van der Waals surface area (Å²) in [4.78, 5) is 26.5. The van der Waals surface area contributed by atoms with Crippen molar-refractivity contribution in [2.24, 2.45) is 5.73 Å². The van der Waals surface area contributed by atoms with E-state index in [0.29, 0.717) is 29.2 Å². The third-order valence-electron chi connectivity index (χ3n) is 4.46. The SMILES string of the molecule is Cc1cnn(CCn2ncnn2)c(=O)c1CC(=O)NCc1cc(Cl)ccc1CN. The van der Waals surface area contributed by atoms with Crippen LogP contribution in [0.15, 0.2) is 35.5 Å². The fourth-order valence-electron chi connectivity index (χ4n) is 2.84. The second-order valence-corrected chi connectivity index (χ2v) is 6.87. The Morgan fingerprint density at radius 1 is 1.24 bits per heavy atom. The fourth-order valence-corrected chi connectivity index (χ4v) is 3.03. The number of hydrogen-bond donors (Lipinski definition) is 2. The van der Waals surface area contributed by atoms with Gasteiger partial charge >= 0.3 is 0 Å². The second-order valence-electron chi connectivity index (χ2n) is 6.44. The van der Waals surface area contributed by atoms with Gasteiger partial charge in [0.05, 0.1) is 25.7 Å². The van der Waals surface area contributed by atoms with Crippen molar-refractivity contribution in [2.45, 2.75) is 39.5 Å². The standard InChI is InChI=1S/C18H21ClN8O2/c1-12-9-23-26(4-5-27-24-11-22-25-27)18(29)16(12)7-17(28)21-10-14-6-15(19)3-2-13(14)8-20/h2-3,6,9,11H,4-5,7-8,10,20H2,1H3,(H,21,28). The molecule has 2 heterocycles. The largest absolute Gasteiger partial charge is 0.352 e. The molecule has 0 bridgehead atoms. The highest BCUT2D eigenvalue weighted by atomic mass is 35.5. The Hall–Kier alpha value is -3.11. The molecule has 1 aromatic carbocycles. The van der Waals surface area contributed by atoms with Crippen molar-refractivity contribution in [3.05, 3.63) is 68.4 Å². The molecular formula is C18H21ClN8O2. The molecule has 10 nitrogen and oxygen atoms in total. The van der Waals surface area contributed by atoms with Gasteiger partial charge in [-0.15, -0.1) is 10.2 Å². The van der Waals surface area contributed by atoms with Crippen molar-refractivity contribution >= 4 is 17.5 Å². The second kappa shape index (κ2) is 9.39. The van der Waals surface area contributed by atoms with Crippen molar-refractivity contribution in [2.75, 3.05) is 0 Å². The van der Waals surface area contributed by atoms with Crippen molar-refractivity contribution in [3.8, 4) is 0 Å². The van der Waals surface area contributed by atoms with Crippen molar-refractivity contribution in [3.63, 3.8) is 0 Å². The molecule has 0 aliphatic carbocycles. The van der Waals surface area contributed by atoms with Crippen LogP contribution in [0.1, 0.15) is 22.3 Å². The van der Waals surface area contributed by atoms with Gasteiger partial charge in [-0.3, -0.25) is 9.59 Å². The predicted molar refractivity (Wildman–Crippen MR) is 106 cm³/mol. The minimum atomic E-state index is -0.314. The number of nitrogens with two attached hydrogens (primary N) is 1. The van der Waals surface area contributed by atoms with Crippen LogP contribution in [-0.4, -0.2) is 35.9 Å². The number of nitrogens with zero attached hydrogens (tertiary/aromatic N) is 6. The molecule has 0 atom stereocenters. The number of carbonyl (C=O) groups is 1. The minimum Gasteiger partial charge on any atom is -0.352 e. The molecule has 152 valence electrons. The van der Waals surface area contributed by atoms with Gasteiger partial charge in [-0.05, 0) is 41.0 Å². The van der Waals surface area contributed by atoms with Crippen LogP contribution in [0.3, 0.4) is 0 Å². The van der Waals surface area contributed by atoms with Gasteiger partial charge < -0.3 is 11.1 Å². The number of nitrogens with one attached hydrogen (secondary N) is 1. The highest BCUT2D eigenvalue weighted by Gasteiger charge is 2.14. The zero-order valence-electron chi connectivity index (χ0n) is 15.9. The molecular weight excluding hydrogens is 396 g/mol. The average Bonchev–Trinajstić information content (AvgIpc) is 3.22. The van der Waals surface area contributed by atoms with E-state index in [-0.39, 0.29) is 31.0 Å². The zero-order valence-corrected chi connectivity index (χ0v) is 16.6. The molecule has 0 spiro atoms. The Kier molecular flexibility index (Phi) is 6.68. The summed E-state index contributed by atoms with van der Waals surface area (Å²) >= 11 is 6.03. The lowest BCUT2D eigenvalue weighted by atomic mass is 10.1. The molecule has 0 fully saturated rings. The highest BCUT2D eigenvalue weighted by molar-refractivity contribution is 6.30. The van der Waals surface area contributed by atoms with E-state index in [0.717, 1.165) is 11.1 Å². The summed E-state index contributed by atoms with van der Waals surface area (Å²) in [5, 5.41) is 18.8. The van der Waals surface area contributed by atoms with Gasteiger partial charge in [0.2, 0.25) is 5.91 Å². The number of carbonyl (C=O) groups excluding carboxylic acids is 1. The van der Waals surface area contributed by atoms with Crippen LogP contribution in [-0.2, 0) is 37.4 Å². The van der Waals surface area contributed by atoms with Crippen molar-refractivity contribution in [1.82, 2.24) is 35.3 Å². The average molecular weight is 417 g/mol. The van der Waals surface area contributed by atoms with Gasteiger partial charge in [0.15, 0.2) is 6.33 Å². The maximum absolute atomic E-state index is 12.7. The van der Waals surface area contributed by atoms with Crippen LogP contribution in [0.4, 0.5) is 0 Å². The molecule has 3 N–H and O–H groups in total. The van der Waals surface area contributed by atoms with Crippen LogP contribution in [0, 0.1) is 6.92 Å². The summed E-state index contributed by atoms with van der Waals surface area (Å²) in [7, 11) is 0. The predicted octanol–water partition coefficient (Wildman–Crippen LogP) is 0.209. The van der Waals surface area contributed by atoms with Gasteiger partial charge in [0.25, 0.3) is 5.56 Å². The topological polar surface area (TPSA) is 134 Å². The molecule has 11 heteroatoms. The van der Waals surface area contributed by atoms with E-state index in [9.17, 15) is 9.59 Å². The highest BCUT2D eigenvalue weighted by Crippen LogP contribution is 2.15. The first-order valence-electron chi connectivity index (χ1n) is 8.98. The molecule has 3 rings (SSSR count). The number of aryl methyl sites for hydroxylation is 3. The summed E-state index contributed by atoms with van der Waals surface area (Å²) in [6, 6.07) is 5.36. The monoisotopic (exact) mass is 416 g/mol. The molecule has 0 saturated carbocycles. The number of benzene rings is 1. The van der Waals surface area contributed by atoms with Gasteiger partial charge in [-0.2, -0.15) is 9.90 Å². The van der Waals surface area contributed by atoms with E-state index < -0.39 is 0 Å². The van der Waals surface area contributed by atoms with Crippen LogP contribution in [0.2, 0.25) is 5.02 Å². The zero-order chi connectivity index (χ0) is 20.8. The van der Waals surface area contributed by atoms with Gasteiger partial charge in [0, 0.05) is 23.7 Å². The van der Waals surface area contributed by atoms with E-state index >= 15 is 0 Å². The van der Waals surface area contributed by atoms with E-state index in [1.807, 2.05) is 6.07 Å². The molecule has 1 amide bonds. The molecule has 0 saturated heterocycles. The first-order valence-corrected chi connectivity index (χ1v) is 9.36. The maximum atomic E-state index is 12.7. The van der Waals surface area contributed by atoms with Crippen molar-refractivity contribution < 1.29 is 4.79 Å². The number of rotatable bonds is 8. The molecule has 29 heavy (non-hydrogen) atoms. The quantitative estimate of drug-likeness (QED) is 0.536. The minimum absolute atomic E-state index is 0.0483. The molecule has 0 aliphatic rings.